The Bertz CT molecular complexity index is 1060. The van der Waals surface area contributed by atoms with Crippen molar-refractivity contribution in [1.82, 2.24) is 9.97 Å². The molecular weight excluding hydrogens is 690 g/mol. The summed E-state index contributed by atoms with van der Waals surface area (Å²) in [7, 11) is -9.89. The quantitative estimate of drug-likeness (QED) is 0.155. The molecule has 0 aliphatic heterocycles. The third-order valence-electron chi connectivity index (χ3n) is 4.20. The minimum Gasteiger partial charge on any atom is -0.872 e. The number of aryl methyl sites for hydroxylation is 1. The number of hydrogen-bond donors (Lipinski definition) is 0. The maximum Gasteiger partial charge on any atom is 2.00 e. The summed E-state index contributed by atoms with van der Waals surface area (Å²) < 4.78 is 67.9. The Labute approximate surface area is 261 Å². The molecule has 2 aromatic heterocycles. The Morgan fingerprint density at radius 3 is 1.32 bits per heavy atom. The molecule has 1 N–H and O–H groups in total. The largest absolute Gasteiger partial charge is 2.00 e. The topological polar surface area (TPSA) is 288 Å². The smallest absolute Gasteiger partial charge is 0.872 e. The maximum atomic E-state index is 12.6. The Hall–Kier alpha value is -2.08. The normalized spacial score (nSPS) is 10.8. The van der Waals surface area contributed by atoms with Crippen LogP contribution >= 0.6 is 0 Å². The molecule has 1 aromatic carbocycles. The van der Waals surface area contributed by atoms with Crippen LogP contribution in [0.15, 0.2) is 70.9 Å². The van der Waals surface area contributed by atoms with E-state index in [1.54, 1.807) is 24.8 Å². The summed E-state index contributed by atoms with van der Waals surface area (Å²) in [5.41, 5.74) is 4.18. The van der Waals surface area contributed by atoms with E-state index in [9.17, 15) is 5.11 Å². The summed E-state index contributed by atoms with van der Waals surface area (Å²) in [6, 6.07) is 15.4. The fourth-order valence-electron chi connectivity index (χ4n) is 2.80. The molecule has 0 aliphatic rings. The van der Waals surface area contributed by atoms with Gasteiger partial charge in [0.25, 0.3) is 0 Å². The third kappa shape index (κ3) is 25.4. The van der Waals surface area contributed by atoms with E-state index in [1.165, 1.54) is 0 Å². The molecule has 0 aliphatic carbocycles. The molecule has 41 heavy (non-hydrogen) atoms. The summed E-state index contributed by atoms with van der Waals surface area (Å²) in [5.74, 6) is -0.0474. The first-order valence-corrected chi connectivity index (χ1v) is 13.0. The second-order valence-electron chi connectivity index (χ2n) is 7.24. The van der Waals surface area contributed by atoms with Crippen molar-refractivity contribution in [3.05, 3.63) is 89.0 Å². The van der Waals surface area contributed by atoms with Crippen molar-refractivity contribution >= 4 is 12.4 Å². The van der Waals surface area contributed by atoms with Gasteiger partial charge in [0.1, 0.15) is 0 Å². The minimum absolute atomic E-state index is 0. The molecule has 232 valence electrons. The molecule has 3 aromatic rings. The SMILES string of the molecule is Cc1cc(C=NCCc2ccccn2)c([O-])c(C=NCCc2ccccn2)c1.[Cu+2].[Cu+2].[O-][Cl+3]([O-])([O-])[O-].[O-][Cl+3]([O-])([O-])[O-].[OH-]. The molecule has 0 saturated carbocycles. The van der Waals surface area contributed by atoms with Crippen LogP contribution in [0, 0.1) is 27.4 Å². The molecule has 0 atom stereocenters. The molecule has 2 radical (unpaired) electrons. The van der Waals surface area contributed by atoms with Crippen LogP contribution in [-0.2, 0) is 47.0 Å². The Morgan fingerprint density at radius 1 is 0.683 bits per heavy atom. The van der Waals surface area contributed by atoms with Gasteiger partial charge >= 0.3 is 34.1 Å². The summed E-state index contributed by atoms with van der Waals surface area (Å²) in [4.78, 5) is 17.3. The molecule has 0 fully saturated rings. The number of benzene rings is 1. The van der Waals surface area contributed by atoms with Crippen molar-refractivity contribution in [2.45, 2.75) is 19.8 Å². The van der Waals surface area contributed by atoms with Gasteiger partial charge in [-0.15, -0.1) is 20.5 Å². The number of rotatable bonds is 8. The molecular formula is C23H24Cl2Cu2N4O10. The van der Waals surface area contributed by atoms with Crippen LogP contribution < -0.4 is 42.4 Å². The van der Waals surface area contributed by atoms with Gasteiger partial charge in [-0.3, -0.25) is 20.0 Å². The average Bonchev–Trinajstić information content (AvgIpc) is 2.81. The summed E-state index contributed by atoms with van der Waals surface area (Å²) in [6.07, 6.45) is 8.36. The maximum absolute atomic E-state index is 12.6. The predicted molar refractivity (Wildman–Crippen MR) is 113 cm³/mol. The van der Waals surface area contributed by atoms with Crippen LogP contribution in [-0.4, -0.2) is 41.0 Å². The van der Waals surface area contributed by atoms with Crippen LogP contribution in [0.5, 0.6) is 5.75 Å². The zero-order valence-corrected chi connectivity index (χ0v) is 24.4. The fraction of sp³-hybridized carbons (Fsp3) is 0.217. The zero-order chi connectivity index (χ0) is 28.6. The number of halogens is 2. The Morgan fingerprint density at radius 2 is 1.02 bits per heavy atom. The average molecular weight is 714 g/mol. The minimum atomic E-state index is -4.94. The predicted octanol–water partition coefficient (Wildman–Crippen LogP) is -6.51. The number of pyridine rings is 2. The van der Waals surface area contributed by atoms with Crippen molar-refractivity contribution in [3.8, 4) is 5.75 Å². The van der Waals surface area contributed by atoms with E-state index in [4.69, 9.17) is 37.3 Å². The van der Waals surface area contributed by atoms with Gasteiger partial charge in [-0.25, -0.2) is 37.3 Å². The van der Waals surface area contributed by atoms with E-state index in [0.717, 1.165) is 29.8 Å². The first-order chi connectivity index (χ1) is 17.7. The Balaban J connectivity index is -0.000000961. The molecule has 18 heteroatoms. The van der Waals surface area contributed by atoms with Crippen LogP contribution in [0.1, 0.15) is 28.1 Å². The number of hydrogen-bond acceptors (Lipinski definition) is 14. The van der Waals surface area contributed by atoms with E-state index < -0.39 is 20.5 Å². The fourth-order valence-corrected chi connectivity index (χ4v) is 2.80. The molecule has 0 spiro atoms. The molecule has 0 amide bonds. The van der Waals surface area contributed by atoms with Crippen molar-refractivity contribution in [2.75, 3.05) is 13.1 Å². The van der Waals surface area contributed by atoms with Gasteiger partial charge in [-0.1, -0.05) is 30.0 Å². The van der Waals surface area contributed by atoms with E-state index in [0.29, 0.717) is 24.2 Å². The zero-order valence-electron chi connectivity index (χ0n) is 21.0. The van der Waals surface area contributed by atoms with E-state index in [2.05, 4.69) is 20.0 Å². The van der Waals surface area contributed by atoms with Crippen molar-refractivity contribution in [2.24, 2.45) is 9.98 Å². The number of aromatic nitrogens is 2. The van der Waals surface area contributed by atoms with Crippen LogP contribution in [0.2, 0.25) is 0 Å². The van der Waals surface area contributed by atoms with E-state index >= 15 is 0 Å². The Kier molecular flexibility index (Phi) is 23.8. The number of aliphatic imine (C=N–C) groups is 2. The van der Waals surface area contributed by atoms with Gasteiger partial charge in [-0.05, 0) is 47.9 Å². The van der Waals surface area contributed by atoms with Crippen molar-refractivity contribution in [3.63, 3.8) is 0 Å². The van der Waals surface area contributed by atoms with Gasteiger partial charge < -0.3 is 10.6 Å². The third-order valence-corrected chi connectivity index (χ3v) is 4.20. The molecule has 0 saturated heterocycles. The molecule has 0 bridgehead atoms. The van der Waals surface area contributed by atoms with Crippen LogP contribution in [0.3, 0.4) is 0 Å². The van der Waals surface area contributed by atoms with Crippen LogP contribution in [0.25, 0.3) is 0 Å². The van der Waals surface area contributed by atoms with Gasteiger partial charge in [0, 0.05) is 62.1 Å². The van der Waals surface area contributed by atoms with E-state index in [-0.39, 0.29) is 45.4 Å². The second-order valence-corrected chi connectivity index (χ2v) is 8.75. The number of nitrogens with zero attached hydrogens (tertiary/aromatic N) is 4. The summed E-state index contributed by atoms with van der Waals surface area (Å²) >= 11 is 0. The summed E-state index contributed by atoms with van der Waals surface area (Å²) in [6.45, 7) is 3.16. The summed E-state index contributed by atoms with van der Waals surface area (Å²) in [5, 5.41) is 12.6. The first-order valence-electron chi connectivity index (χ1n) is 10.6. The monoisotopic (exact) mass is 712 g/mol. The standard InChI is InChI=1S/C23H24N4O.2ClHO4.2Cu.H2O/c1-18-14-19(16-24-12-8-21-6-2-4-10-26-21)23(28)20(15-18)17-25-13-9-22-7-3-5-11-27-22;2*2-1(3,4)5;;;/h2-7,10-11,14-17,28H,8-9,12-13H2,1H3;2*(H,2,3,4,5);;;1H2/q;;;2*+2;/p-4. The van der Waals surface area contributed by atoms with E-state index in [1.807, 2.05) is 55.5 Å². The molecule has 0 unspecified atom stereocenters. The van der Waals surface area contributed by atoms with Gasteiger partial charge in [0.05, 0.1) is 0 Å². The molecule has 2 heterocycles. The second kappa shape index (κ2) is 22.5. The van der Waals surface area contributed by atoms with Gasteiger partial charge in [0.2, 0.25) is 0 Å². The van der Waals surface area contributed by atoms with Crippen LogP contribution in [0.4, 0.5) is 0 Å². The molecule has 14 nitrogen and oxygen atoms in total. The van der Waals surface area contributed by atoms with Gasteiger partial charge in [-0.2, -0.15) is 0 Å². The van der Waals surface area contributed by atoms with Gasteiger partial charge in [0.15, 0.2) is 0 Å². The van der Waals surface area contributed by atoms with Crippen molar-refractivity contribution < 1.29 is 102 Å². The first kappa shape index (κ1) is 43.4. The van der Waals surface area contributed by atoms with Crippen molar-refractivity contribution in [1.29, 1.82) is 0 Å². The molecule has 3 rings (SSSR count).